The van der Waals surface area contributed by atoms with Crippen LogP contribution in [0.1, 0.15) is 40.2 Å². The molecule has 186 valence electrons. The summed E-state index contributed by atoms with van der Waals surface area (Å²) in [6.07, 6.45) is 0.500. The van der Waals surface area contributed by atoms with Gasteiger partial charge in [-0.15, -0.1) is 11.3 Å². The van der Waals surface area contributed by atoms with E-state index in [1.54, 1.807) is 43.8 Å². The maximum atomic E-state index is 13.2. The number of ether oxygens (including phenoxy) is 3. The van der Waals surface area contributed by atoms with E-state index in [0.29, 0.717) is 23.6 Å². The van der Waals surface area contributed by atoms with E-state index in [1.165, 1.54) is 24.1 Å². The van der Waals surface area contributed by atoms with Crippen LogP contribution in [-0.4, -0.2) is 49.3 Å². The number of nitrogens with zero attached hydrogens (tertiary/aromatic N) is 2. The molecule has 1 aliphatic heterocycles. The van der Waals surface area contributed by atoms with Crippen LogP contribution in [0.15, 0.2) is 65.1 Å². The first-order chi connectivity index (χ1) is 17.4. The molecular weight excluding hydrogens is 482 g/mol. The number of hydrogen-bond acceptors (Lipinski definition) is 8. The van der Waals surface area contributed by atoms with Crippen LogP contribution in [0.25, 0.3) is 0 Å². The highest BCUT2D eigenvalue weighted by atomic mass is 32.1. The lowest BCUT2D eigenvalue weighted by Crippen LogP contribution is -2.31. The van der Waals surface area contributed by atoms with Gasteiger partial charge in [0, 0.05) is 19.0 Å². The quantitative estimate of drug-likeness (QED) is 0.457. The Morgan fingerprint density at radius 1 is 1.06 bits per heavy atom. The van der Waals surface area contributed by atoms with E-state index in [0.717, 1.165) is 16.2 Å². The number of nitrogens with one attached hydrogen (secondary N) is 1. The molecule has 1 N–H and O–H groups in total. The van der Waals surface area contributed by atoms with Crippen molar-refractivity contribution >= 4 is 40.5 Å². The van der Waals surface area contributed by atoms with E-state index in [1.807, 2.05) is 29.6 Å². The topological polar surface area (TPSA) is 107 Å². The lowest BCUT2D eigenvalue weighted by molar-refractivity contribution is -0.136. The molecule has 2 heterocycles. The fraction of sp³-hybridized carbons (Fsp3) is 0.231. The highest BCUT2D eigenvalue weighted by molar-refractivity contribution is 7.12. The predicted molar refractivity (Wildman–Crippen MR) is 136 cm³/mol. The van der Waals surface area contributed by atoms with Crippen LogP contribution < -0.4 is 14.8 Å². The summed E-state index contributed by atoms with van der Waals surface area (Å²) in [4.78, 5) is 37.8. The molecule has 0 fully saturated rings. The van der Waals surface area contributed by atoms with E-state index in [4.69, 9.17) is 14.2 Å². The number of carbonyl (C=O) groups is 3. The van der Waals surface area contributed by atoms with E-state index in [-0.39, 0.29) is 11.5 Å². The maximum absolute atomic E-state index is 13.2. The molecule has 10 heteroatoms. The van der Waals surface area contributed by atoms with Gasteiger partial charge in [-0.1, -0.05) is 12.1 Å². The van der Waals surface area contributed by atoms with Crippen molar-refractivity contribution in [3.63, 3.8) is 0 Å². The Labute approximate surface area is 212 Å². The fourth-order valence-corrected chi connectivity index (χ4v) is 4.54. The minimum absolute atomic E-state index is 0.215. The summed E-state index contributed by atoms with van der Waals surface area (Å²) in [5.74, 6) is -0.198. The minimum atomic E-state index is -0.651. The molecule has 36 heavy (non-hydrogen) atoms. The average molecular weight is 508 g/mol. The Morgan fingerprint density at radius 3 is 2.44 bits per heavy atom. The van der Waals surface area contributed by atoms with Crippen molar-refractivity contribution < 1.29 is 28.6 Å². The zero-order valence-electron chi connectivity index (χ0n) is 20.0. The number of benzene rings is 2. The van der Waals surface area contributed by atoms with Crippen molar-refractivity contribution in [3.8, 4) is 11.5 Å². The molecule has 0 saturated carbocycles. The second-order valence-corrected chi connectivity index (χ2v) is 8.88. The van der Waals surface area contributed by atoms with Crippen LogP contribution >= 0.6 is 11.3 Å². The molecule has 1 unspecified atom stereocenters. The third-order valence-corrected chi connectivity index (χ3v) is 6.45. The van der Waals surface area contributed by atoms with Gasteiger partial charge >= 0.3 is 5.97 Å². The Bertz CT molecular complexity index is 1290. The van der Waals surface area contributed by atoms with E-state index in [2.05, 4.69) is 10.4 Å². The van der Waals surface area contributed by atoms with Gasteiger partial charge in [0.2, 0.25) is 5.91 Å². The normalized spacial score (nSPS) is 14.7. The van der Waals surface area contributed by atoms with Crippen LogP contribution in [0, 0.1) is 0 Å². The molecule has 2 aromatic carbocycles. The molecule has 0 radical (unpaired) electrons. The predicted octanol–water partition coefficient (Wildman–Crippen LogP) is 4.26. The zero-order valence-corrected chi connectivity index (χ0v) is 20.8. The molecule has 1 aliphatic rings. The van der Waals surface area contributed by atoms with Crippen molar-refractivity contribution in [2.45, 2.75) is 19.4 Å². The first-order valence-corrected chi connectivity index (χ1v) is 12.0. The molecule has 3 aromatic rings. The Hall–Kier alpha value is -4.18. The standard InChI is InChI=1S/C26H25N3O6S/c1-16(30)27-19-9-6-17(7-10-19)26(32)35-15-25(31)29-21(14-20(28-29)24-5-4-12-36-24)18-8-11-22(33-2)23(13-18)34-3/h4-13,21H,14-15H2,1-3H3,(H,27,30). The average Bonchev–Trinajstić information content (AvgIpc) is 3.57. The van der Waals surface area contributed by atoms with Gasteiger partial charge in [0.1, 0.15) is 0 Å². The van der Waals surface area contributed by atoms with Crippen molar-refractivity contribution in [3.05, 3.63) is 76.0 Å². The Kier molecular flexibility index (Phi) is 7.65. The summed E-state index contributed by atoms with van der Waals surface area (Å²) >= 11 is 1.54. The highest BCUT2D eigenvalue weighted by Crippen LogP contribution is 2.37. The molecule has 0 bridgehead atoms. The van der Waals surface area contributed by atoms with Crippen LogP contribution in [0.2, 0.25) is 0 Å². The van der Waals surface area contributed by atoms with Gasteiger partial charge in [0.25, 0.3) is 5.91 Å². The Balaban J connectivity index is 1.51. The first kappa shape index (κ1) is 24.9. The van der Waals surface area contributed by atoms with Crippen LogP contribution in [0.3, 0.4) is 0 Å². The monoisotopic (exact) mass is 507 g/mol. The van der Waals surface area contributed by atoms with Gasteiger partial charge in [-0.05, 0) is 53.4 Å². The molecule has 0 aliphatic carbocycles. The third-order valence-electron chi connectivity index (χ3n) is 5.53. The summed E-state index contributed by atoms with van der Waals surface area (Å²) < 4.78 is 16.0. The van der Waals surface area contributed by atoms with Crippen molar-refractivity contribution in [1.29, 1.82) is 0 Å². The molecule has 0 saturated heterocycles. The van der Waals surface area contributed by atoms with Crippen molar-refractivity contribution in [2.24, 2.45) is 5.10 Å². The van der Waals surface area contributed by atoms with Crippen LogP contribution in [-0.2, 0) is 14.3 Å². The fourth-order valence-electron chi connectivity index (χ4n) is 3.82. The summed E-state index contributed by atoms with van der Waals surface area (Å²) in [6.45, 7) is 0.922. The summed E-state index contributed by atoms with van der Waals surface area (Å²) in [5.41, 5.74) is 2.41. The molecule has 1 atom stereocenters. The van der Waals surface area contributed by atoms with Crippen molar-refractivity contribution in [2.75, 3.05) is 26.1 Å². The largest absolute Gasteiger partial charge is 0.493 e. The van der Waals surface area contributed by atoms with E-state index < -0.39 is 24.5 Å². The maximum Gasteiger partial charge on any atom is 0.338 e. The minimum Gasteiger partial charge on any atom is -0.493 e. The van der Waals surface area contributed by atoms with Gasteiger partial charge in [-0.3, -0.25) is 9.59 Å². The zero-order chi connectivity index (χ0) is 25.7. The summed E-state index contributed by atoms with van der Waals surface area (Å²) in [6, 6.07) is 15.2. The third kappa shape index (κ3) is 5.55. The van der Waals surface area contributed by atoms with Gasteiger partial charge in [0.15, 0.2) is 18.1 Å². The van der Waals surface area contributed by atoms with Crippen LogP contribution in [0.5, 0.6) is 11.5 Å². The lowest BCUT2D eigenvalue weighted by Gasteiger charge is -2.22. The number of amides is 2. The van der Waals surface area contributed by atoms with Crippen molar-refractivity contribution in [1.82, 2.24) is 5.01 Å². The van der Waals surface area contributed by atoms with E-state index >= 15 is 0 Å². The first-order valence-electron chi connectivity index (χ1n) is 11.1. The Morgan fingerprint density at radius 2 is 1.81 bits per heavy atom. The molecule has 0 spiro atoms. The van der Waals surface area contributed by atoms with E-state index in [9.17, 15) is 14.4 Å². The number of hydrazone groups is 1. The molecule has 1 aromatic heterocycles. The van der Waals surface area contributed by atoms with Crippen LogP contribution in [0.4, 0.5) is 5.69 Å². The molecule has 9 nitrogen and oxygen atoms in total. The molecular formula is C26H25N3O6S. The van der Waals surface area contributed by atoms with Gasteiger partial charge in [-0.2, -0.15) is 5.10 Å². The number of thiophene rings is 1. The summed E-state index contributed by atoms with van der Waals surface area (Å²) in [7, 11) is 3.11. The van der Waals surface area contributed by atoms with Gasteiger partial charge in [-0.25, -0.2) is 9.80 Å². The second-order valence-electron chi connectivity index (χ2n) is 7.93. The smallest absolute Gasteiger partial charge is 0.338 e. The molecule has 2 amide bonds. The van der Waals surface area contributed by atoms with Gasteiger partial charge < -0.3 is 19.5 Å². The lowest BCUT2D eigenvalue weighted by atomic mass is 10.0. The SMILES string of the molecule is COc1ccc(C2CC(c3cccs3)=NN2C(=O)COC(=O)c2ccc(NC(C)=O)cc2)cc1OC. The number of methoxy groups -OCH3 is 2. The molecule has 4 rings (SSSR count). The van der Waals surface area contributed by atoms with Gasteiger partial charge in [0.05, 0.1) is 36.4 Å². The number of esters is 1. The number of rotatable bonds is 8. The summed E-state index contributed by atoms with van der Waals surface area (Å²) in [5, 5.41) is 10.5. The number of hydrogen-bond donors (Lipinski definition) is 1. The number of carbonyl (C=O) groups excluding carboxylic acids is 3. The second kappa shape index (κ2) is 11.0. The highest BCUT2D eigenvalue weighted by Gasteiger charge is 2.34. The number of anilines is 1.